The number of rotatable bonds is 7. The van der Waals surface area contributed by atoms with Gasteiger partial charge in [0.1, 0.15) is 5.69 Å². The zero-order valence-electron chi connectivity index (χ0n) is 14.5. The lowest BCUT2D eigenvalue weighted by Crippen LogP contribution is -2.05. The Hall–Kier alpha value is -3.67. The minimum Gasteiger partial charge on any atom is -0.478 e. The summed E-state index contributed by atoms with van der Waals surface area (Å²) in [5.41, 5.74) is 2.69. The maximum Gasteiger partial charge on any atom is 0.337 e. The standard InChI is InChI=1S/C21H18N2O4/c24-21(25)17-13-12-16(11-10-15-6-2-1-3-7-15)14-19(17)22-18-8-4-5-9-20(18)23(26)27/h1-9,12-14,22H,10-11H2,(H,24,25). The Kier molecular flexibility index (Phi) is 5.47. The summed E-state index contributed by atoms with van der Waals surface area (Å²) in [6, 6.07) is 21.2. The first kappa shape index (κ1) is 18.1. The molecule has 6 heteroatoms. The smallest absolute Gasteiger partial charge is 0.337 e. The molecular formula is C21H18N2O4. The van der Waals surface area contributed by atoms with Crippen LogP contribution in [0, 0.1) is 10.1 Å². The fraction of sp³-hybridized carbons (Fsp3) is 0.0952. The van der Waals surface area contributed by atoms with Crippen molar-refractivity contribution in [1.82, 2.24) is 0 Å². The van der Waals surface area contributed by atoms with E-state index in [4.69, 9.17) is 0 Å². The summed E-state index contributed by atoms with van der Waals surface area (Å²) >= 11 is 0. The van der Waals surface area contributed by atoms with Crippen LogP contribution in [0.3, 0.4) is 0 Å². The fourth-order valence-electron chi connectivity index (χ4n) is 2.85. The fourth-order valence-corrected chi connectivity index (χ4v) is 2.85. The molecular weight excluding hydrogens is 344 g/mol. The number of aryl methyl sites for hydroxylation is 2. The van der Waals surface area contributed by atoms with E-state index in [1.807, 2.05) is 30.3 Å². The lowest BCUT2D eigenvalue weighted by molar-refractivity contribution is -0.383. The third-order valence-electron chi connectivity index (χ3n) is 4.23. The topological polar surface area (TPSA) is 92.5 Å². The number of nitro groups is 1. The van der Waals surface area contributed by atoms with Crippen LogP contribution in [0.5, 0.6) is 0 Å². The van der Waals surface area contributed by atoms with Crippen LogP contribution < -0.4 is 5.32 Å². The van der Waals surface area contributed by atoms with E-state index in [0.29, 0.717) is 5.69 Å². The quantitative estimate of drug-likeness (QED) is 0.464. The number of carbonyl (C=O) groups is 1. The molecule has 3 rings (SSSR count). The molecule has 0 radical (unpaired) electrons. The van der Waals surface area contributed by atoms with Crippen molar-refractivity contribution < 1.29 is 14.8 Å². The third-order valence-corrected chi connectivity index (χ3v) is 4.23. The largest absolute Gasteiger partial charge is 0.478 e. The summed E-state index contributed by atoms with van der Waals surface area (Å²) in [4.78, 5) is 22.3. The predicted molar refractivity (Wildman–Crippen MR) is 104 cm³/mol. The summed E-state index contributed by atoms with van der Waals surface area (Å²) in [6.07, 6.45) is 1.55. The highest BCUT2D eigenvalue weighted by molar-refractivity contribution is 5.95. The first-order chi connectivity index (χ1) is 13.0. The number of nitrogens with one attached hydrogen (secondary N) is 1. The van der Waals surface area contributed by atoms with Crippen LogP contribution in [0.15, 0.2) is 72.8 Å². The van der Waals surface area contributed by atoms with E-state index in [9.17, 15) is 20.0 Å². The van der Waals surface area contributed by atoms with Gasteiger partial charge in [0.05, 0.1) is 16.2 Å². The van der Waals surface area contributed by atoms with Crippen molar-refractivity contribution in [1.29, 1.82) is 0 Å². The molecule has 2 N–H and O–H groups in total. The van der Waals surface area contributed by atoms with Gasteiger partial charge in [-0.25, -0.2) is 4.79 Å². The Balaban J connectivity index is 1.88. The minimum absolute atomic E-state index is 0.0663. The number of hydrogen-bond acceptors (Lipinski definition) is 4. The Bertz CT molecular complexity index is 971. The molecule has 0 atom stereocenters. The lowest BCUT2D eigenvalue weighted by Gasteiger charge is -2.12. The Morgan fingerprint density at radius 1 is 0.889 bits per heavy atom. The molecule has 3 aromatic rings. The molecule has 6 nitrogen and oxygen atoms in total. The van der Waals surface area contributed by atoms with Crippen molar-refractivity contribution in [2.45, 2.75) is 12.8 Å². The van der Waals surface area contributed by atoms with Crippen LogP contribution in [0.4, 0.5) is 17.1 Å². The zero-order chi connectivity index (χ0) is 19.2. The second-order valence-corrected chi connectivity index (χ2v) is 6.07. The van der Waals surface area contributed by atoms with Gasteiger partial charge >= 0.3 is 5.97 Å². The van der Waals surface area contributed by atoms with Crippen LogP contribution in [-0.4, -0.2) is 16.0 Å². The van der Waals surface area contributed by atoms with Gasteiger partial charge < -0.3 is 10.4 Å². The Labute approximate surface area is 156 Å². The Morgan fingerprint density at radius 2 is 1.56 bits per heavy atom. The van der Waals surface area contributed by atoms with E-state index in [2.05, 4.69) is 5.32 Å². The summed E-state index contributed by atoms with van der Waals surface area (Å²) in [5, 5.41) is 23.6. The molecule has 3 aromatic carbocycles. The van der Waals surface area contributed by atoms with Crippen LogP contribution in [0.1, 0.15) is 21.5 Å². The summed E-state index contributed by atoms with van der Waals surface area (Å²) in [5.74, 6) is -1.09. The van der Waals surface area contributed by atoms with Gasteiger partial charge in [-0.1, -0.05) is 48.5 Å². The van der Waals surface area contributed by atoms with E-state index >= 15 is 0 Å². The molecule has 0 fully saturated rings. The van der Waals surface area contributed by atoms with E-state index in [-0.39, 0.29) is 16.9 Å². The molecule has 0 aliphatic heterocycles. The molecule has 0 bridgehead atoms. The minimum atomic E-state index is -1.09. The average molecular weight is 362 g/mol. The van der Waals surface area contributed by atoms with Gasteiger partial charge in [0.2, 0.25) is 0 Å². The average Bonchev–Trinajstić information content (AvgIpc) is 2.67. The van der Waals surface area contributed by atoms with E-state index in [0.717, 1.165) is 18.4 Å². The van der Waals surface area contributed by atoms with Crippen molar-refractivity contribution in [3.63, 3.8) is 0 Å². The van der Waals surface area contributed by atoms with E-state index in [1.54, 1.807) is 30.3 Å². The van der Waals surface area contributed by atoms with Gasteiger partial charge in [-0.05, 0) is 42.2 Å². The Morgan fingerprint density at radius 3 is 2.26 bits per heavy atom. The van der Waals surface area contributed by atoms with Gasteiger partial charge in [-0.15, -0.1) is 0 Å². The SMILES string of the molecule is O=C(O)c1ccc(CCc2ccccc2)cc1Nc1ccccc1[N+](=O)[O-]. The molecule has 27 heavy (non-hydrogen) atoms. The van der Waals surface area contributed by atoms with Gasteiger partial charge in [0, 0.05) is 6.07 Å². The van der Waals surface area contributed by atoms with Crippen molar-refractivity contribution in [3.8, 4) is 0 Å². The normalized spacial score (nSPS) is 10.4. The van der Waals surface area contributed by atoms with Crippen LogP contribution >= 0.6 is 0 Å². The molecule has 0 aromatic heterocycles. The number of para-hydroxylation sites is 2. The van der Waals surface area contributed by atoms with Gasteiger partial charge in [-0.2, -0.15) is 0 Å². The number of carboxylic acids is 1. The van der Waals surface area contributed by atoms with Crippen molar-refractivity contribution in [3.05, 3.63) is 99.6 Å². The van der Waals surface area contributed by atoms with E-state index in [1.165, 1.54) is 17.7 Å². The van der Waals surface area contributed by atoms with Crippen LogP contribution in [0.2, 0.25) is 0 Å². The number of hydrogen-bond donors (Lipinski definition) is 2. The first-order valence-electron chi connectivity index (χ1n) is 8.45. The highest BCUT2D eigenvalue weighted by atomic mass is 16.6. The van der Waals surface area contributed by atoms with Gasteiger partial charge in [0.15, 0.2) is 0 Å². The second kappa shape index (κ2) is 8.14. The number of carboxylic acid groups (broad SMARTS) is 1. The van der Waals surface area contributed by atoms with Crippen LogP contribution in [-0.2, 0) is 12.8 Å². The number of aromatic carboxylic acids is 1. The van der Waals surface area contributed by atoms with Crippen molar-refractivity contribution in [2.75, 3.05) is 5.32 Å². The maximum absolute atomic E-state index is 11.5. The van der Waals surface area contributed by atoms with Crippen molar-refractivity contribution >= 4 is 23.0 Å². The first-order valence-corrected chi connectivity index (χ1v) is 8.45. The molecule has 0 saturated carbocycles. The second-order valence-electron chi connectivity index (χ2n) is 6.07. The predicted octanol–water partition coefficient (Wildman–Crippen LogP) is 4.82. The molecule has 0 amide bonds. The molecule has 0 spiro atoms. The summed E-state index contributed by atoms with van der Waals surface area (Å²) < 4.78 is 0. The number of benzene rings is 3. The highest BCUT2D eigenvalue weighted by Crippen LogP contribution is 2.29. The molecule has 136 valence electrons. The highest BCUT2D eigenvalue weighted by Gasteiger charge is 2.16. The van der Waals surface area contributed by atoms with Crippen LogP contribution in [0.25, 0.3) is 0 Å². The van der Waals surface area contributed by atoms with E-state index < -0.39 is 10.9 Å². The lowest BCUT2D eigenvalue weighted by atomic mass is 10.0. The molecule has 0 unspecified atom stereocenters. The van der Waals surface area contributed by atoms with Gasteiger partial charge in [0.25, 0.3) is 5.69 Å². The maximum atomic E-state index is 11.5. The summed E-state index contributed by atoms with van der Waals surface area (Å²) in [6.45, 7) is 0. The molecule has 0 aliphatic rings. The monoisotopic (exact) mass is 362 g/mol. The third kappa shape index (κ3) is 4.49. The van der Waals surface area contributed by atoms with Crippen molar-refractivity contribution in [2.24, 2.45) is 0 Å². The number of nitro benzene ring substituents is 1. The molecule has 0 saturated heterocycles. The zero-order valence-corrected chi connectivity index (χ0v) is 14.5. The molecule has 0 aliphatic carbocycles. The summed E-state index contributed by atoms with van der Waals surface area (Å²) in [7, 11) is 0. The molecule has 0 heterocycles. The van der Waals surface area contributed by atoms with Gasteiger partial charge in [-0.3, -0.25) is 10.1 Å². The number of nitrogens with zero attached hydrogens (tertiary/aromatic N) is 1. The number of anilines is 2.